The molecule has 0 aliphatic heterocycles. The topological polar surface area (TPSA) is 38.3 Å². The lowest BCUT2D eigenvalue weighted by Gasteiger charge is -2.13. The highest BCUT2D eigenvalue weighted by Gasteiger charge is 2.08. The summed E-state index contributed by atoms with van der Waals surface area (Å²) in [6.45, 7) is 6.74. The molecule has 0 aromatic heterocycles. The van der Waals surface area contributed by atoms with E-state index in [2.05, 4.69) is 31.3 Å². The first-order chi connectivity index (χ1) is 11.7. The summed E-state index contributed by atoms with van der Waals surface area (Å²) in [4.78, 5) is 12.4. The molecule has 2 aromatic carbocycles. The highest BCUT2D eigenvalue weighted by Crippen LogP contribution is 2.23. The fourth-order valence-corrected chi connectivity index (χ4v) is 2.64. The molecule has 3 heteroatoms. The second-order valence-electron chi connectivity index (χ2n) is 5.45. The monoisotopic (exact) mass is 323 g/mol. The number of hydrogen-bond acceptors (Lipinski definition) is 2. The third-order valence-corrected chi connectivity index (χ3v) is 3.88. The molecule has 0 atom stereocenters. The number of aryl methyl sites for hydroxylation is 2. The Hall–Kier alpha value is -2.55. The maximum absolute atomic E-state index is 12.4. The van der Waals surface area contributed by atoms with E-state index in [9.17, 15) is 4.79 Å². The Morgan fingerprint density at radius 2 is 1.67 bits per heavy atom. The van der Waals surface area contributed by atoms with Gasteiger partial charge in [0.1, 0.15) is 5.75 Å². The highest BCUT2D eigenvalue weighted by atomic mass is 16.5. The number of rotatable bonds is 7. The van der Waals surface area contributed by atoms with Gasteiger partial charge < -0.3 is 10.1 Å². The molecule has 0 saturated carbocycles. The van der Waals surface area contributed by atoms with Gasteiger partial charge in [0, 0.05) is 17.3 Å². The van der Waals surface area contributed by atoms with Gasteiger partial charge in [-0.25, -0.2) is 0 Å². The van der Waals surface area contributed by atoms with Gasteiger partial charge in [-0.3, -0.25) is 4.79 Å². The van der Waals surface area contributed by atoms with E-state index >= 15 is 0 Å². The van der Waals surface area contributed by atoms with E-state index in [0.717, 1.165) is 41.0 Å². The molecule has 2 aromatic rings. The zero-order chi connectivity index (χ0) is 17.4. The first kappa shape index (κ1) is 17.8. The number of nitrogens with one attached hydrogen (secondary N) is 1. The molecule has 0 aliphatic carbocycles. The number of amides is 1. The molecule has 126 valence electrons. The van der Waals surface area contributed by atoms with Crippen LogP contribution in [-0.2, 0) is 17.6 Å². The van der Waals surface area contributed by atoms with Crippen LogP contribution in [0.5, 0.6) is 5.75 Å². The van der Waals surface area contributed by atoms with E-state index in [-0.39, 0.29) is 5.91 Å². The Labute approximate surface area is 144 Å². The minimum absolute atomic E-state index is 0.128. The number of carbonyl (C=O) groups is 1. The fourth-order valence-electron chi connectivity index (χ4n) is 2.64. The van der Waals surface area contributed by atoms with Crippen molar-refractivity contribution in [3.05, 3.63) is 65.2 Å². The van der Waals surface area contributed by atoms with Crippen molar-refractivity contribution >= 4 is 17.7 Å². The average molecular weight is 323 g/mol. The Bertz CT molecular complexity index is 697. The van der Waals surface area contributed by atoms with Gasteiger partial charge in [0.2, 0.25) is 5.91 Å². The van der Waals surface area contributed by atoms with Gasteiger partial charge >= 0.3 is 0 Å². The van der Waals surface area contributed by atoms with Crippen molar-refractivity contribution in [3.63, 3.8) is 0 Å². The predicted molar refractivity (Wildman–Crippen MR) is 100 cm³/mol. The van der Waals surface area contributed by atoms with Gasteiger partial charge in [-0.2, -0.15) is 0 Å². The summed E-state index contributed by atoms with van der Waals surface area (Å²) in [5.41, 5.74) is 4.15. The van der Waals surface area contributed by atoms with Crippen LogP contribution in [0.1, 0.15) is 37.5 Å². The second kappa shape index (κ2) is 8.92. The molecule has 0 spiro atoms. The van der Waals surface area contributed by atoms with E-state index in [1.807, 2.05) is 37.3 Å². The van der Waals surface area contributed by atoms with Crippen molar-refractivity contribution in [1.82, 2.24) is 0 Å². The Morgan fingerprint density at radius 1 is 1.00 bits per heavy atom. The average Bonchev–Trinajstić information content (AvgIpc) is 2.61. The molecule has 0 aliphatic rings. The van der Waals surface area contributed by atoms with Crippen molar-refractivity contribution in [1.29, 1.82) is 0 Å². The zero-order valence-corrected chi connectivity index (χ0v) is 14.6. The van der Waals surface area contributed by atoms with Crippen LogP contribution in [-0.4, -0.2) is 12.5 Å². The van der Waals surface area contributed by atoms with Crippen LogP contribution in [0.2, 0.25) is 0 Å². The molecule has 1 amide bonds. The Kier molecular flexibility index (Phi) is 6.62. The zero-order valence-electron chi connectivity index (χ0n) is 14.6. The van der Waals surface area contributed by atoms with Gasteiger partial charge in [-0.1, -0.05) is 50.2 Å². The van der Waals surface area contributed by atoms with E-state index in [0.29, 0.717) is 6.61 Å². The van der Waals surface area contributed by atoms with Gasteiger partial charge in [-0.15, -0.1) is 0 Å². The minimum Gasteiger partial charge on any atom is -0.493 e. The number of anilines is 1. The summed E-state index contributed by atoms with van der Waals surface area (Å²) in [5.74, 6) is 0.657. The van der Waals surface area contributed by atoms with Crippen LogP contribution in [0.25, 0.3) is 6.08 Å². The molecule has 0 unspecified atom stereocenters. The smallest absolute Gasteiger partial charge is 0.248 e. The van der Waals surface area contributed by atoms with Crippen LogP contribution in [0.3, 0.4) is 0 Å². The molecule has 0 saturated heterocycles. The molecule has 0 radical (unpaired) electrons. The van der Waals surface area contributed by atoms with Crippen molar-refractivity contribution in [2.24, 2.45) is 0 Å². The summed E-state index contributed by atoms with van der Waals surface area (Å²) < 4.78 is 5.58. The molecule has 1 N–H and O–H groups in total. The maximum atomic E-state index is 12.4. The van der Waals surface area contributed by atoms with E-state index in [1.165, 1.54) is 0 Å². The molecule has 0 fully saturated rings. The molecule has 2 rings (SSSR count). The second-order valence-corrected chi connectivity index (χ2v) is 5.45. The quantitative estimate of drug-likeness (QED) is 0.739. The summed E-state index contributed by atoms with van der Waals surface area (Å²) >= 11 is 0. The van der Waals surface area contributed by atoms with Crippen LogP contribution < -0.4 is 10.1 Å². The predicted octanol–water partition coefficient (Wildman–Crippen LogP) is 4.86. The summed E-state index contributed by atoms with van der Waals surface area (Å²) in [6.07, 6.45) is 5.13. The summed E-state index contributed by atoms with van der Waals surface area (Å²) in [7, 11) is 0. The normalized spacial score (nSPS) is 10.8. The largest absolute Gasteiger partial charge is 0.493 e. The molecule has 0 heterocycles. The first-order valence-electron chi connectivity index (χ1n) is 8.51. The lowest BCUT2D eigenvalue weighted by molar-refractivity contribution is -0.111. The fraction of sp³-hybridized carbons (Fsp3) is 0.286. The maximum Gasteiger partial charge on any atom is 0.248 e. The highest BCUT2D eigenvalue weighted by molar-refractivity contribution is 6.03. The van der Waals surface area contributed by atoms with Crippen molar-refractivity contribution in [3.8, 4) is 5.75 Å². The van der Waals surface area contributed by atoms with E-state index in [1.54, 1.807) is 12.2 Å². The summed E-state index contributed by atoms with van der Waals surface area (Å²) in [5, 5.41) is 3.04. The number of para-hydroxylation sites is 2. The van der Waals surface area contributed by atoms with Crippen LogP contribution in [0.15, 0.2) is 48.5 Å². The van der Waals surface area contributed by atoms with Crippen molar-refractivity contribution < 1.29 is 9.53 Å². The number of hydrogen-bond donors (Lipinski definition) is 1. The molecule has 3 nitrogen and oxygen atoms in total. The van der Waals surface area contributed by atoms with Crippen LogP contribution in [0, 0.1) is 0 Å². The third-order valence-electron chi connectivity index (χ3n) is 3.88. The van der Waals surface area contributed by atoms with Crippen LogP contribution in [0.4, 0.5) is 5.69 Å². The molecular weight excluding hydrogens is 298 g/mol. The number of ether oxygens (including phenoxy) is 1. The number of carbonyl (C=O) groups excluding carboxylic acids is 1. The molecular formula is C21H25NO2. The van der Waals surface area contributed by atoms with Gasteiger partial charge in [0.25, 0.3) is 0 Å². The van der Waals surface area contributed by atoms with Crippen LogP contribution >= 0.6 is 0 Å². The van der Waals surface area contributed by atoms with Crippen molar-refractivity contribution in [2.45, 2.75) is 33.6 Å². The third kappa shape index (κ3) is 4.48. The van der Waals surface area contributed by atoms with E-state index < -0.39 is 0 Å². The Morgan fingerprint density at radius 3 is 2.29 bits per heavy atom. The van der Waals surface area contributed by atoms with Crippen molar-refractivity contribution in [2.75, 3.05) is 11.9 Å². The molecule has 24 heavy (non-hydrogen) atoms. The minimum atomic E-state index is -0.128. The van der Waals surface area contributed by atoms with Gasteiger partial charge in [0.15, 0.2) is 0 Å². The SMILES string of the molecule is CCOc1ccccc1/C=C/C(=O)Nc1c(CC)cccc1CC. The first-order valence-corrected chi connectivity index (χ1v) is 8.51. The van der Waals surface area contributed by atoms with Gasteiger partial charge in [0.05, 0.1) is 6.61 Å². The number of benzene rings is 2. The van der Waals surface area contributed by atoms with Gasteiger partial charge in [-0.05, 0) is 43.0 Å². The lowest BCUT2D eigenvalue weighted by atomic mass is 10.0. The lowest BCUT2D eigenvalue weighted by Crippen LogP contribution is -2.11. The standard InChI is InChI=1S/C21H25NO2/c1-4-16-11-9-12-17(5-2)21(16)22-20(23)15-14-18-10-7-8-13-19(18)24-6-3/h7-15H,4-6H2,1-3H3,(H,22,23)/b15-14+. The van der Waals surface area contributed by atoms with E-state index in [4.69, 9.17) is 4.74 Å². The molecule has 0 bridgehead atoms. The summed E-state index contributed by atoms with van der Waals surface area (Å²) in [6, 6.07) is 13.9. The Balaban J connectivity index is 2.17.